The number of nitrogens with one attached hydrogen (secondary N) is 1. The Balaban J connectivity index is 1.14. The number of aromatic nitrogens is 3. The molecule has 198 valence electrons. The lowest BCUT2D eigenvalue weighted by atomic mass is 10.2. The normalized spacial score (nSPS) is 11.4. The number of rotatable bonds is 10. The molecule has 0 spiro atoms. The molecule has 2 heterocycles. The highest BCUT2D eigenvalue weighted by molar-refractivity contribution is 9.10. The van der Waals surface area contributed by atoms with Crippen LogP contribution in [-0.2, 0) is 17.9 Å². The first-order valence-corrected chi connectivity index (χ1v) is 14.2. The summed E-state index contributed by atoms with van der Waals surface area (Å²) in [5, 5.41) is 14.2. The molecular weight excluding hydrogens is 625 g/mol. The van der Waals surface area contributed by atoms with E-state index in [2.05, 4.69) is 59.4 Å². The molecule has 12 heteroatoms. The van der Waals surface area contributed by atoms with Gasteiger partial charge in [0.15, 0.2) is 6.61 Å². The molecular formula is C27H20BrCl2N5O3S. The lowest BCUT2D eigenvalue weighted by molar-refractivity contribution is -0.118. The second-order valence-corrected chi connectivity index (χ2v) is 10.9. The van der Waals surface area contributed by atoms with Crippen molar-refractivity contribution in [1.29, 1.82) is 0 Å². The Morgan fingerprint density at radius 2 is 1.95 bits per heavy atom. The fourth-order valence-electron chi connectivity index (χ4n) is 3.72. The minimum absolute atomic E-state index is 0.0286. The van der Waals surface area contributed by atoms with Gasteiger partial charge in [-0.3, -0.25) is 4.79 Å². The second kappa shape index (κ2) is 12.7. The molecule has 0 saturated heterocycles. The molecule has 0 bridgehead atoms. The minimum atomic E-state index is -0.307. The van der Waals surface area contributed by atoms with Crippen molar-refractivity contribution in [2.24, 2.45) is 5.10 Å². The van der Waals surface area contributed by atoms with Crippen molar-refractivity contribution in [2.75, 3.05) is 5.75 Å². The summed E-state index contributed by atoms with van der Waals surface area (Å²) in [5.74, 6) is 0.441. The third-order valence-corrected chi connectivity index (χ3v) is 7.38. The Morgan fingerprint density at radius 3 is 2.77 bits per heavy atom. The summed E-state index contributed by atoms with van der Waals surface area (Å²) >= 11 is 16.6. The molecule has 0 atom stereocenters. The van der Waals surface area contributed by atoms with Crippen LogP contribution in [0.25, 0.3) is 10.9 Å². The summed E-state index contributed by atoms with van der Waals surface area (Å²) in [6, 6.07) is 21.2. The first-order chi connectivity index (χ1) is 18.9. The summed E-state index contributed by atoms with van der Waals surface area (Å²) in [6.45, 7) is 0.745. The molecule has 0 aliphatic carbocycles. The van der Waals surface area contributed by atoms with E-state index >= 15 is 0 Å². The Bertz CT molecular complexity index is 1640. The van der Waals surface area contributed by atoms with Gasteiger partial charge in [0.2, 0.25) is 0 Å². The molecule has 1 N–H and O–H groups in total. The maximum atomic E-state index is 12.3. The molecule has 0 aliphatic rings. The van der Waals surface area contributed by atoms with E-state index in [9.17, 15) is 4.79 Å². The molecule has 0 aliphatic heterocycles. The van der Waals surface area contributed by atoms with Crippen LogP contribution < -0.4 is 10.2 Å². The smallest absolute Gasteiger partial charge is 0.277 e. The van der Waals surface area contributed by atoms with Crippen LogP contribution in [0.15, 0.2) is 92.1 Å². The van der Waals surface area contributed by atoms with Crippen molar-refractivity contribution in [2.45, 2.75) is 18.4 Å². The largest absolute Gasteiger partial charge is 0.482 e. The van der Waals surface area contributed by atoms with Gasteiger partial charge in [-0.15, -0.1) is 10.2 Å². The van der Waals surface area contributed by atoms with E-state index in [0.717, 1.165) is 32.7 Å². The van der Waals surface area contributed by atoms with Gasteiger partial charge in [-0.05, 0) is 42.0 Å². The maximum Gasteiger partial charge on any atom is 0.277 e. The average Bonchev–Trinajstić information content (AvgIpc) is 3.53. The number of halogens is 3. The number of nitrogens with zero attached hydrogens (tertiary/aromatic N) is 4. The molecule has 5 rings (SSSR count). The molecule has 0 unspecified atom stereocenters. The lowest BCUT2D eigenvalue weighted by Gasteiger charge is -2.05. The van der Waals surface area contributed by atoms with E-state index < -0.39 is 0 Å². The lowest BCUT2D eigenvalue weighted by Crippen LogP contribution is -2.19. The number of hydrazone groups is 1. The number of carbonyl (C=O) groups is 1. The van der Waals surface area contributed by atoms with E-state index in [4.69, 9.17) is 32.4 Å². The zero-order valence-electron chi connectivity index (χ0n) is 20.2. The molecule has 39 heavy (non-hydrogen) atoms. The topological polar surface area (TPSA) is 94.5 Å². The van der Waals surface area contributed by atoms with Crippen LogP contribution in [0.3, 0.4) is 0 Å². The second-order valence-electron chi connectivity index (χ2n) is 8.26. The van der Waals surface area contributed by atoms with Crippen molar-refractivity contribution in [3.8, 4) is 5.75 Å². The van der Waals surface area contributed by atoms with Gasteiger partial charge in [-0.2, -0.15) is 5.10 Å². The highest BCUT2D eigenvalue weighted by atomic mass is 79.9. The van der Waals surface area contributed by atoms with Gasteiger partial charge in [0.1, 0.15) is 5.75 Å². The number of benzene rings is 3. The number of para-hydroxylation sites is 1. The highest BCUT2D eigenvalue weighted by Crippen LogP contribution is 2.28. The van der Waals surface area contributed by atoms with E-state index in [1.54, 1.807) is 24.4 Å². The molecule has 0 fully saturated rings. The van der Waals surface area contributed by atoms with Gasteiger partial charge in [0.25, 0.3) is 17.0 Å². The van der Waals surface area contributed by atoms with Crippen molar-refractivity contribution >= 4 is 73.9 Å². The molecule has 0 saturated carbocycles. The first kappa shape index (κ1) is 27.3. The van der Waals surface area contributed by atoms with E-state index in [1.165, 1.54) is 5.56 Å². The average molecular weight is 645 g/mol. The van der Waals surface area contributed by atoms with Crippen molar-refractivity contribution in [3.05, 3.63) is 104 Å². The summed E-state index contributed by atoms with van der Waals surface area (Å²) in [4.78, 5) is 12.3. The van der Waals surface area contributed by atoms with Crippen LogP contribution in [0.1, 0.15) is 17.0 Å². The summed E-state index contributed by atoms with van der Waals surface area (Å²) in [6.07, 6.45) is 3.67. The molecule has 1 amide bonds. The van der Waals surface area contributed by atoms with Gasteiger partial charge >= 0.3 is 0 Å². The highest BCUT2D eigenvalue weighted by Gasteiger charge is 2.12. The zero-order valence-corrected chi connectivity index (χ0v) is 24.1. The van der Waals surface area contributed by atoms with Crippen LogP contribution in [-0.4, -0.2) is 32.6 Å². The summed E-state index contributed by atoms with van der Waals surface area (Å²) in [5.41, 5.74) is 5.71. The first-order valence-electron chi connectivity index (χ1n) is 11.6. The maximum absolute atomic E-state index is 12.3. The van der Waals surface area contributed by atoms with E-state index in [-0.39, 0.29) is 29.4 Å². The molecule has 3 aromatic carbocycles. The fraction of sp³-hybridized carbons (Fsp3) is 0.111. The van der Waals surface area contributed by atoms with Crippen molar-refractivity contribution < 1.29 is 13.9 Å². The number of hydrogen-bond acceptors (Lipinski definition) is 7. The van der Waals surface area contributed by atoms with Crippen molar-refractivity contribution in [1.82, 2.24) is 20.2 Å². The Kier molecular flexibility index (Phi) is 8.88. The predicted octanol–water partition coefficient (Wildman–Crippen LogP) is 6.96. The Labute approximate surface area is 246 Å². The van der Waals surface area contributed by atoms with Crippen LogP contribution in [0.4, 0.5) is 0 Å². The number of carbonyl (C=O) groups excluding carboxylic acids is 1. The monoisotopic (exact) mass is 643 g/mol. The van der Waals surface area contributed by atoms with E-state index in [0.29, 0.717) is 22.3 Å². The number of hydrogen-bond donors (Lipinski definition) is 1. The van der Waals surface area contributed by atoms with Gasteiger partial charge in [-0.1, -0.05) is 81.2 Å². The minimum Gasteiger partial charge on any atom is -0.482 e. The van der Waals surface area contributed by atoms with Crippen LogP contribution in [0.5, 0.6) is 5.75 Å². The number of thioether (sulfide) groups is 1. The van der Waals surface area contributed by atoms with Gasteiger partial charge < -0.3 is 13.7 Å². The summed E-state index contributed by atoms with van der Waals surface area (Å²) < 4.78 is 14.3. The molecule has 2 aromatic heterocycles. The zero-order chi connectivity index (χ0) is 27.2. The number of fused-ring (bicyclic) bond motifs is 1. The SMILES string of the molecule is O=C(CSc1nnc(COc2ccc(Cl)cc2Cl)o1)N/N=C\c1cn(Cc2ccc(Br)cc2)c2ccccc12. The molecule has 8 nitrogen and oxygen atoms in total. The quantitative estimate of drug-likeness (QED) is 0.100. The number of ether oxygens (including phenoxy) is 1. The number of amides is 1. The third kappa shape index (κ3) is 7.21. The van der Waals surface area contributed by atoms with Crippen molar-refractivity contribution in [3.63, 3.8) is 0 Å². The Morgan fingerprint density at radius 1 is 1.13 bits per heavy atom. The van der Waals surface area contributed by atoms with E-state index in [1.807, 2.05) is 36.5 Å². The van der Waals surface area contributed by atoms with Crippen LogP contribution in [0.2, 0.25) is 10.0 Å². The molecule has 0 radical (unpaired) electrons. The summed E-state index contributed by atoms with van der Waals surface area (Å²) in [7, 11) is 0. The van der Waals surface area contributed by atoms with Gasteiger partial charge in [-0.25, -0.2) is 5.43 Å². The molecule has 5 aromatic rings. The Hall–Kier alpha value is -3.31. The van der Waals surface area contributed by atoms with Gasteiger partial charge in [0, 0.05) is 38.7 Å². The van der Waals surface area contributed by atoms with Crippen LogP contribution >= 0.6 is 50.9 Å². The third-order valence-electron chi connectivity index (χ3n) is 5.50. The standard InChI is InChI=1S/C27H20BrCl2N5O3S/c28-19-7-5-17(6-8-19)13-35-14-18(21-3-1-2-4-23(21)35)12-31-32-25(36)16-39-27-34-33-26(38-27)15-37-24-10-9-20(29)11-22(24)30/h1-12,14H,13,15-16H2,(H,32,36)/b31-12-. The van der Waals surface area contributed by atoms with Gasteiger partial charge in [0.05, 0.1) is 17.0 Å². The predicted molar refractivity (Wildman–Crippen MR) is 157 cm³/mol. The fourth-order valence-corrected chi connectivity index (χ4v) is 5.02. The van der Waals surface area contributed by atoms with Crippen LogP contribution in [0, 0.1) is 0 Å².